The average Bonchev–Trinajstić information content (AvgIpc) is 2.99. The first-order valence-electron chi connectivity index (χ1n) is 5.66. The van der Waals surface area contributed by atoms with Crippen molar-refractivity contribution >= 4 is 11.6 Å². The van der Waals surface area contributed by atoms with Crippen molar-refractivity contribution in [3.05, 3.63) is 11.4 Å². The van der Waals surface area contributed by atoms with Crippen LogP contribution in [-0.2, 0) is 0 Å². The van der Waals surface area contributed by atoms with Crippen molar-refractivity contribution in [3.8, 4) is 0 Å². The molecular formula is C11H18N4O. The lowest BCUT2D eigenvalue weighted by atomic mass is 10.0. The highest BCUT2D eigenvalue weighted by molar-refractivity contribution is 5.97. The number of nitrogens with one attached hydrogen (secondary N) is 2. The van der Waals surface area contributed by atoms with E-state index >= 15 is 0 Å². The number of amides is 1. The Hall–Kier alpha value is -1.52. The minimum absolute atomic E-state index is 0.179. The number of aromatic nitrogens is 2. The first kappa shape index (κ1) is 11.0. The van der Waals surface area contributed by atoms with Crippen LogP contribution in [0.25, 0.3) is 0 Å². The summed E-state index contributed by atoms with van der Waals surface area (Å²) in [5.41, 5.74) is 7.57. The lowest BCUT2D eigenvalue weighted by Crippen LogP contribution is -2.30. The van der Waals surface area contributed by atoms with E-state index in [4.69, 9.17) is 5.73 Å². The van der Waals surface area contributed by atoms with E-state index < -0.39 is 0 Å². The molecule has 0 spiro atoms. The Morgan fingerprint density at radius 1 is 1.62 bits per heavy atom. The largest absolute Gasteiger partial charge is 0.395 e. The molecule has 1 aromatic heterocycles. The number of aromatic amines is 1. The normalized spacial score (nSPS) is 17.1. The van der Waals surface area contributed by atoms with Crippen LogP contribution in [0.4, 0.5) is 5.69 Å². The Bertz CT molecular complexity index is 406. The highest BCUT2D eigenvalue weighted by atomic mass is 16.1. The van der Waals surface area contributed by atoms with Crippen LogP contribution in [0.15, 0.2) is 0 Å². The second kappa shape index (κ2) is 3.81. The summed E-state index contributed by atoms with van der Waals surface area (Å²) in [7, 11) is 0. The van der Waals surface area contributed by atoms with E-state index in [2.05, 4.69) is 22.4 Å². The van der Waals surface area contributed by atoms with Crippen molar-refractivity contribution < 1.29 is 4.79 Å². The van der Waals surface area contributed by atoms with Gasteiger partial charge in [-0.15, -0.1) is 0 Å². The standard InChI is InChI=1S/C11H18N4O/c1-3-11(4-5-11)6-13-10(16)9-8(12)7(2)14-15-9/h3-6,12H2,1-2H3,(H,13,16)(H,14,15). The monoisotopic (exact) mass is 222 g/mol. The Kier molecular flexibility index (Phi) is 2.61. The van der Waals surface area contributed by atoms with Crippen molar-refractivity contribution in [2.24, 2.45) is 5.41 Å². The van der Waals surface area contributed by atoms with Crippen LogP contribution in [0.5, 0.6) is 0 Å². The molecule has 0 unspecified atom stereocenters. The van der Waals surface area contributed by atoms with E-state index in [0.29, 0.717) is 16.8 Å². The summed E-state index contributed by atoms with van der Waals surface area (Å²) >= 11 is 0. The molecule has 0 bridgehead atoms. The Morgan fingerprint density at radius 2 is 2.31 bits per heavy atom. The van der Waals surface area contributed by atoms with Crippen LogP contribution in [-0.4, -0.2) is 22.6 Å². The van der Waals surface area contributed by atoms with Gasteiger partial charge in [0.15, 0.2) is 5.69 Å². The van der Waals surface area contributed by atoms with Crippen molar-refractivity contribution in [3.63, 3.8) is 0 Å². The van der Waals surface area contributed by atoms with E-state index in [1.54, 1.807) is 6.92 Å². The van der Waals surface area contributed by atoms with Gasteiger partial charge in [-0.25, -0.2) is 0 Å². The summed E-state index contributed by atoms with van der Waals surface area (Å²) in [6, 6.07) is 0. The summed E-state index contributed by atoms with van der Waals surface area (Å²) < 4.78 is 0. The van der Waals surface area contributed by atoms with Crippen LogP contribution in [0.1, 0.15) is 42.4 Å². The fourth-order valence-corrected chi connectivity index (χ4v) is 1.79. The van der Waals surface area contributed by atoms with E-state index in [-0.39, 0.29) is 5.91 Å². The number of aryl methyl sites for hydroxylation is 1. The zero-order chi connectivity index (χ0) is 11.8. The minimum atomic E-state index is -0.179. The fraction of sp³-hybridized carbons (Fsp3) is 0.636. The number of carbonyl (C=O) groups is 1. The Balaban J connectivity index is 1.96. The van der Waals surface area contributed by atoms with Gasteiger partial charge in [-0.05, 0) is 31.6 Å². The Morgan fingerprint density at radius 3 is 2.75 bits per heavy atom. The second-order valence-electron chi connectivity index (χ2n) is 4.65. The molecule has 5 nitrogen and oxygen atoms in total. The fourth-order valence-electron chi connectivity index (χ4n) is 1.79. The summed E-state index contributed by atoms with van der Waals surface area (Å²) in [4.78, 5) is 11.8. The van der Waals surface area contributed by atoms with Gasteiger partial charge >= 0.3 is 0 Å². The molecule has 4 N–H and O–H groups in total. The number of hydrogen-bond acceptors (Lipinski definition) is 3. The molecule has 1 aliphatic rings. The SMILES string of the molecule is CCC1(CNC(=O)c2n[nH]c(C)c2N)CC1. The zero-order valence-electron chi connectivity index (χ0n) is 9.76. The summed E-state index contributed by atoms with van der Waals surface area (Å²) in [6.07, 6.45) is 3.53. The highest BCUT2D eigenvalue weighted by Gasteiger charge is 2.40. The lowest BCUT2D eigenvalue weighted by molar-refractivity contribution is 0.0940. The summed E-state index contributed by atoms with van der Waals surface area (Å²) in [5.74, 6) is -0.179. The summed E-state index contributed by atoms with van der Waals surface area (Å²) in [6.45, 7) is 4.69. The number of nitrogens with zero attached hydrogens (tertiary/aromatic N) is 1. The molecule has 5 heteroatoms. The van der Waals surface area contributed by atoms with Crippen molar-refractivity contribution in [2.45, 2.75) is 33.1 Å². The molecular weight excluding hydrogens is 204 g/mol. The van der Waals surface area contributed by atoms with Crippen LogP contribution in [0, 0.1) is 12.3 Å². The number of nitrogens with two attached hydrogens (primary N) is 1. The number of carbonyl (C=O) groups excluding carboxylic acids is 1. The second-order valence-corrected chi connectivity index (χ2v) is 4.65. The molecule has 1 saturated carbocycles. The maximum atomic E-state index is 11.8. The molecule has 1 aliphatic carbocycles. The maximum absolute atomic E-state index is 11.8. The van der Waals surface area contributed by atoms with Crippen molar-refractivity contribution in [2.75, 3.05) is 12.3 Å². The molecule has 0 aliphatic heterocycles. The van der Waals surface area contributed by atoms with Gasteiger partial charge in [-0.3, -0.25) is 9.89 Å². The zero-order valence-corrected chi connectivity index (χ0v) is 9.76. The molecule has 1 aromatic rings. The van der Waals surface area contributed by atoms with Crippen LogP contribution in [0.2, 0.25) is 0 Å². The molecule has 16 heavy (non-hydrogen) atoms. The smallest absolute Gasteiger partial charge is 0.273 e. The van der Waals surface area contributed by atoms with Crippen LogP contribution >= 0.6 is 0 Å². The van der Waals surface area contributed by atoms with Crippen LogP contribution < -0.4 is 11.1 Å². The lowest BCUT2D eigenvalue weighted by Gasteiger charge is -2.12. The molecule has 1 amide bonds. The summed E-state index contributed by atoms with van der Waals surface area (Å²) in [5, 5.41) is 9.51. The number of rotatable bonds is 4. The maximum Gasteiger partial charge on any atom is 0.273 e. The molecule has 0 aromatic carbocycles. The van der Waals surface area contributed by atoms with Gasteiger partial charge in [0.1, 0.15) is 0 Å². The molecule has 0 radical (unpaired) electrons. The first-order valence-corrected chi connectivity index (χ1v) is 5.66. The predicted molar refractivity (Wildman–Crippen MR) is 62.0 cm³/mol. The van der Waals surface area contributed by atoms with Gasteiger partial charge in [0.05, 0.1) is 11.4 Å². The quantitative estimate of drug-likeness (QED) is 0.716. The van der Waals surface area contributed by atoms with Gasteiger partial charge in [0, 0.05) is 6.54 Å². The number of anilines is 1. The van der Waals surface area contributed by atoms with Crippen molar-refractivity contribution in [1.82, 2.24) is 15.5 Å². The number of nitrogen functional groups attached to an aromatic ring is 1. The number of hydrogen-bond donors (Lipinski definition) is 3. The molecule has 0 saturated heterocycles. The van der Waals surface area contributed by atoms with Gasteiger partial charge in [-0.2, -0.15) is 5.10 Å². The minimum Gasteiger partial charge on any atom is -0.395 e. The van der Waals surface area contributed by atoms with Gasteiger partial charge in [0.2, 0.25) is 0 Å². The molecule has 1 fully saturated rings. The van der Waals surface area contributed by atoms with E-state index in [0.717, 1.165) is 18.7 Å². The predicted octanol–water partition coefficient (Wildman–Crippen LogP) is 1.22. The third kappa shape index (κ3) is 1.89. The van der Waals surface area contributed by atoms with Gasteiger partial charge < -0.3 is 11.1 Å². The van der Waals surface area contributed by atoms with E-state index in [1.807, 2.05) is 0 Å². The van der Waals surface area contributed by atoms with Crippen molar-refractivity contribution in [1.29, 1.82) is 0 Å². The molecule has 2 rings (SSSR count). The third-order valence-corrected chi connectivity index (χ3v) is 3.54. The Labute approximate surface area is 94.8 Å². The van der Waals surface area contributed by atoms with Gasteiger partial charge in [0.25, 0.3) is 5.91 Å². The highest BCUT2D eigenvalue weighted by Crippen LogP contribution is 2.47. The number of H-pyrrole nitrogens is 1. The van der Waals surface area contributed by atoms with E-state index in [1.165, 1.54) is 12.8 Å². The molecule has 0 atom stereocenters. The van der Waals surface area contributed by atoms with E-state index in [9.17, 15) is 4.79 Å². The average molecular weight is 222 g/mol. The molecule has 88 valence electrons. The topological polar surface area (TPSA) is 83.8 Å². The van der Waals surface area contributed by atoms with Gasteiger partial charge in [-0.1, -0.05) is 6.92 Å². The first-order chi connectivity index (χ1) is 7.58. The van der Waals surface area contributed by atoms with Crippen LogP contribution in [0.3, 0.4) is 0 Å². The molecule has 1 heterocycles. The third-order valence-electron chi connectivity index (χ3n) is 3.54.